The zero-order chi connectivity index (χ0) is 23.9. The topological polar surface area (TPSA) is 68.3 Å². The highest BCUT2D eigenvalue weighted by molar-refractivity contribution is 6.11. The zero-order valence-electron chi connectivity index (χ0n) is 19.3. The van der Waals surface area contributed by atoms with Crippen molar-refractivity contribution in [3.8, 4) is 5.75 Å². The molecule has 2 saturated heterocycles. The van der Waals surface area contributed by atoms with E-state index in [0.717, 1.165) is 11.1 Å². The number of benzene rings is 3. The number of anilines is 1. The first-order chi connectivity index (χ1) is 16.5. The highest BCUT2D eigenvalue weighted by Gasteiger charge is 2.75. The first-order valence-corrected chi connectivity index (χ1v) is 11.1. The van der Waals surface area contributed by atoms with Crippen molar-refractivity contribution in [2.75, 3.05) is 26.2 Å². The summed E-state index contributed by atoms with van der Waals surface area (Å²) in [5.41, 5.74) is 1.00. The summed E-state index contributed by atoms with van der Waals surface area (Å²) in [6.45, 7) is 0. The summed E-state index contributed by atoms with van der Waals surface area (Å²) in [6, 6.07) is 25.5. The van der Waals surface area contributed by atoms with E-state index in [2.05, 4.69) is 0 Å². The average molecular weight is 459 g/mol. The molecule has 5 rings (SSSR count). The number of methoxy groups -OCH3 is 2. The minimum absolute atomic E-state index is 0.285. The minimum atomic E-state index is -1.44. The molecule has 3 aromatic carbocycles. The van der Waals surface area contributed by atoms with Crippen LogP contribution in [0.25, 0.3) is 0 Å². The quantitative estimate of drug-likeness (QED) is 0.426. The average Bonchev–Trinajstić information content (AvgIpc) is 3.22. The maximum Gasteiger partial charge on any atom is 0.314 e. The van der Waals surface area contributed by atoms with Gasteiger partial charge in [-0.3, -0.25) is 19.3 Å². The maximum absolute atomic E-state index is 14.0. The van der Waals surface area contributed by atoms with E-state index in [1.54, 1.807) is 24.1 Å². The number of hydrogen-bond donors (Lipinski definition) is 0. The smallest absolute Gasteiger partial charge is 0.314 e. The van der Waals surface area contributed by atoms with Gasteiger partial charge in [-0.1, -0.05) is 60.7 Å². The van der Waals surface area contributed by atoms with Crippen molar-refractivity contribution in [1.82, 2.24) is 5.06 Å². The maximum atomic E-state index is 14.0. The van der Waals surface area contributed by atoms with Crippen LogP contribution in [0.1, 0.15) is 23.2 Å². The molecule has 1 amide bonds. The predicted octanol–water partition coefficient (Wildman–Crippen LogP) is 3.93. The normalized spacial score (nSPS) is 26.4. The van der Waals surface area contributed by atoms with Crippen molar-refractivity contribution in [2.24, 2.45) is 5.92 Å². The van der Waals surface area contributed by atoms with Crippen LogP contribution in [0.5, 0.6) is 5.75 Å². The van der Waals surface area contributed by atoms with Crippen LogP contribution in [0.3, 0.4) is 0 Å². The second-order valence-corrected chi connectivity index (χ2v) is 8.47. The zero-order valence-corrected chi connectivity index (χ0v) is 19.3. The van der Waals surface area contributed by atoms with Gasteiger partial charge < -0.3 is 9.47 Å². The second kappa shape index (κ2) is 8.59. The summed E-state index contributed by atoms with van der Waals surface area (Å²) in [5, 5.41) is 1.62. The summed E-state index contributed by atoms with van der Waals surface area (Å²) in [4.78, 5) is 35.4. The van der Waals surface area contributed by atoms with Gasteiger partial charge in [0.05, 0.1) is 20.3 Å². The lowest BCUT2D eigenvalue weighted by Gasteiger charge is -2.54. The van der Waals surface area contributed by atoms with E-state index in [1.165, 1.54) is 7.11 Å². The number of ether oxygens (including phenoxy) is 2. The number of amides is 1. The van der Waals surface area contributed by atoms with Crippen LogP contribution < -0.4 is 9.64 Å². The Labute approximate surface area is 198 Å². The van der Waals surface area contributed by atoms with Gasteiger partial charge in [0.25, 0.3) is 5.91 Å². The van der Waals surface area contributed by atoms with Crippen molar-refractivity contribution < 1.29 is 23.9 Å². The van der Waals surface area contributed by atoms with Gasteiger partial charge in [0.1, 0.15) is 17.7 Å². The van der Waals surface area contributed by atoms with E-state index >= 15 is 0 Å². The largest absolute Gasteiger partial charge is 0.497 e. The molecular weight excluding hydrogens is 432 g/mol. The number of rotatable bonds is 5. The number of esters is 1. The fraction of sp³-hybridized carbons (Fsp3) is 0.259. The molecule has 7 heteroatoms. The van der Waals surface area contributed by atoms with Crippen molar-refractivity contribution in [3.63, 3.8) is 0 Å². The van der Waals surface area contributed by atoms with Gasteiger partial charge in [-0.05, 0) is 35.4 Å². The van der Waals surface area contributed by atoms with E-state index in [0.29, 0.717) is 11.4 Å². The third-order valence-electron chi connectivity index (χ3n) is 6.74. The standard InChI is InChI=1S/C27H26N2O5/c1-28-23(18-10-6-4-7-11-18)22(25(30)33-3)27(34-28)24(19-12-8-5-9-13-19)29(26(27)31)20-14-16-21(32-2)17-15-20/h4-17,22-24H,1-3H3. The fourth-order valence-electron chi connectivity index (χ4n) is 5.26. The molecule has 0 aromatic heterocycles. The molecule has 4 atom stereocenters. The Morgan fingerprint density at radius 2 is 1.47 bits per heavy atom. The SMILES string of the molecule is COC(=O)C1C(c2ccccc2)N(C)OC12C(=O)N(c1ccc(OC)cc1)C2c1ccccc1. The Bertz CT molecular complexity index is 1180. The molecule has 0 bridgehead atoms. The number of carbonyl (C=O) groups excluding carboxylic acids is 2. The summed E-state index contributed by atoms with van der Waals surface area (Å²) in [7, 11) is 4.70. The molecule has 4 unspecified atom stereocenters. The Kier molecular flexibility index (Phi) is 5.59. The van der Waals surface area contributed by atoms with Gasteiger partial charge in [-0.15, -0.1) is 0 Å². The highest BCUT2D eigenvalue weighted by atomic mass is 16.7. The van der Waals surface area contributed by atoms with Crippen LogP contribution in [-0.2, 0) is 19.2 Å². The lowest BCUT2D eigenvalue weighted by atomic mass is 9.67. The highest BCUT2D eigenvalue weighted by Crippen LogP contribution is 2.60. The third-order valence-corrected chi connectivity index (χ3v) is 6.74. The predicted molar refractivity (Wildman–Crippen MR) is 126 cm³/mol. The second-order valence-electron chi connectivity index (χ2n) is 8.47. The van der Waals surface area contributed by atoms with E-state index in [1.807, 2.05) is 84.9 Å². The molecule has 2 aliphatic rings. The van der Waals surface area contributed by atoms with E-state index in [9.17, 15) is 9.59 Å². The van der Waals surface area contributed by atoms with Crippen LogP contribution in [-0.4, -0.2) is 43.8 Å². The molecular formula is C27H26N2O5. The van der Waals surface area contributed by atoms with Crippen LogP contribution in [0, 0.1) is 5.92 Å². The molecule has 0 aliphatic carbocycles. The summed E-state index contributed by atoms with van der Waals surface area (Å²) in [6.07, 6.45) is 0. The van der Waals surface area contributed by atoms with Gasteiger partial charge in [-0.25, -0.2) is 0 Å². The van der Waals surface area contributed by atoms with Gasteiger partial charge in [0.2, 0.25) is 5.60 Å². The molecule has 2 heterocycles. The molecule has 174 valence electrons. The summed E-state index contributed by atoms with van der Waals surface area (Å²) in [5.74, 6) is -0.942. The Morgan fingerprint density at radius 1 is 0.882 bits per heavy atom. The first-order valence-electron chi connectivity index (χ1n) is 11.1. The number of hydroxylamine groups is 2. The molecule has 1 spiro atoms. The van der Waals surface area contributed by atoms with E-state index < -0.39 is 29.6 Å². The lowest BCUT2D eigenvalue weighted by molar-refractivity contribution is -0.221. The Morgan fingerprint density at radius 3 is 2.03 bits per heavy atom. The van der Waals surface area contributed by atoms with Crippen molar-refractivity contribution in [3.05, 3.63) is 96.1 Å². The fourth-order valence-corrected chi connectivity index (χ4v) is 5.26. The van der Waals surface area contributed by atoms with Gasteiger partial charge in [-0.2, -0.15) is 5.06 Å². The lowest BCUT2D eigenvalue weighted by Crippen LogP contribution is -2.72. The Hall–Kier alpha value is -3.68. The molecule has 7 nitrogen and oxygen atoms in total. The van der Waals surface area contributed by atoms with Gasteiger partial charge in [0, 0.05) is 12.7 Å². The van der Waals surface area contributed by atoms with Crippen LogP contribution in [0.15, 0.2) is 84.9 Å². The van der Waals surface area contributed by atoms with Crippen LogP contribution in [0.4, 0.5) is 5.69 Å². The number of nitrogens with zero attached hydrogens (tertiary/aromatic N) is 2. The third kappa shape index (κ3) is 3.20. The van der Waals surface area contributed by atoms with Crippen LogP contribution in [0.2, 0.25) is 0 Å². The Balaban J connectivity index is 1.66. The molecule has 0 radical (unpaired) electrons. The summed E-state index contributed by atoms with van der Waals surface area (Å²) < 4.78 is 10.5. The number of hydrogen-bond acceptors (Lipinski definition) is 6. The minimum Gasteiger partial charge on any atom is -0.497 e. The van der Waals surface area contributed by atoms with Crippen molar-refractivity contribution in [1.29, 1.82) is 0 Å². The summed E-state index contributed by atoms with van der Waals surface area (Å²) >= 11 is 0. The van der Waals surface area contributed by atoms with Crippen LogP contribution >= 0.6 is 0 Å². The molecule has 3 aromatic rings. The van der Waals surface area contributed by atoms with E-state index in [-0.39, 0.29) is 5.91 Å². The molecule has 0 saturated carbocycles. The van der Waals surface area contributed by atoms with Gasteiger partial charge in [0.15, 0.2) is 0 Å². The van der Waals surface area contributed by atoms with E-state index in [4.69, 9.17) is 14.3 Å². The van der Waals surface area contributed by atoms with Gasteiger partial charge >= 0.3 is 5.97 Å². The molecule has 34 heavy (non-hydrogen) atoms. The van der Waals surface area contributed by atoms with Crippen molar-refractivity contribution in [2.45, 2.75) is 17.7 Å². The number of β-lactam (4-membered cyclic amide) rings is 1. The molecule has 0 N–H and O–H groups in total. The monoisotopic (exact) mass is 458 g/mol. The first kappa shape index (κ1) is 22.1. The molecule has 2 aliphatic heterocycles. The van der Waals surface area contributed by atoms with Crippen molar-refractivity contribution >= 4 is 17.6 Å². The number of carbonyl (C=O) groups is 2. The molecule has 2 fully saturated rings.